The van der Waals surface area contributed by atoms with Gasteiger partial charge in [0.1, 0.15) is 0 Å². The van der Waals surface area contributed by atoms with Crippen LogP contribution in [0.5, 0.6) is 0 Å². The molecule has 0 radical (unpaired) electrons. The number of amides is 1. The van der Waals surface area contributed by atoms with E-state index in [1.54, 1.807) is 4.90 Å². The summed E-state index contributed by atoms with van der Waals surface area (Å²) in [6.07, 6.45) is 2.06. The second kappa shape index (κ2) is 7.09. The lowest BCUT2D eigenvalue weighted by Crippen LogP contribution is -2.42. The first kappa shape index (κ1) is 15.4. The van der Waals surface area contributed by atoms with Crippen LogP contribution in [0.15, 0.2) is 0 Å². The van der Waals surface area contributed by atoms with Gasteiger partial charge in [0.2, 0.25) is 5.91 Å². The minimum Gasteiger partial charge on any atom is -0.343 e. The van der Waals surface area contributed by atoms with Crippen LogP contribution in [0.25, 0.3) is 0 Å². The minimum atomic E-state index is -2.87. The quantitative estimate of drug-likeness (QED) is 0.763. The molecule has 0 aromatic heterocycles. The number of hydrogen-bond donors (Lipinski definition) is 1. The first-order valence-electron chi connectivity index (χ1n) is 6.70. The highest BCUT2D eigenvalue weighted by Crippen LogP contribution is 2.11. The molecule has 6 heteroatoms. The van der Waals surface area contributed by atoms with Crippen LogP contribution in [0, 0.1) is 0 Å². The Hall–Kier alpha value is -0.620. The normalized spacial score (nSPS) is 22.7. The maximum absolute atomic E-state index is 11.7. The number of nitrogens with one attached hydrogen (secondary N) is 1. The highest BCUT2D eigenvalue weighted by molar-refractivity contribution is 7.91. The fourth-order valence-corrected chi connectivity index (χ4v) is 3.97. The van der Waals surface area contributed by atoms with Gasteiger partial charge in [-0.15, -0.1) is 0 Å². The highest BCUT2D eigenvalue weighted by Gasteiger charge is 2.24. The van der Waals surface area contributed by atoms with E-state index in [0.29, 0.717) is 18.7 Å². The Morgan fingerprint density at radius 3 is 2.56 bits per heavy atom. The van der Waals surface area contributed by atoms with E-state index in [-0.39, 0.29) is 17.7 Å². The van der Waals surface area contributed by atoms with Gasteiger partial charge in [0.25, 0.3) is 0 Å². The maximum atomic E-state index is 11.7. The Bertz CT molecular complexity index is 364. The van der Waals surface area contributed by atoms with Crippen molar-refractivity contribution >= 4 is 15.7 Å². The molecule has 0 aromatic carbocycles. The Labute approximate surface area is 110 Å². The predicted molar refractivity (Wildman–Crippen MR) is 72.2 cm³/mol. The molecule has 18 heavy (non-hydrogen) atoms. The number of nitrogens with zero attached hydrogens (tertiary/aromatic N) is 1. The van der Waals surface area contributed by atoms with Gasteiger partial charge in [-0.1, -0.05) is 0 Å². The smallest absolute Gasteiger partial charge is 0.223 e. The van der Waals surface area contributed by atoms with E-state index >= 15 is 0 Å². The van der Waals surface area contributed by atoms with Crippen LogP contribution in [0.3, 0.4) is 0 Å². The Morgan fingerprint density at radius 1 is 1.33 bits per heavy atom. The third kappa shape index (κ3) is 4.94. The molecule has 0 aliphatic carbocycles. The molecule has 0 aromatic rings. The first-order valence-corrected chi connectivity index (χ1v) is 8.52. The zero-order valence-corrected chi connectivity index (χ0v) is 12.1. The number of hydrogen-bond acceptors (Lipinski definition) is 4. The van der Waals surface area contributed by atoms with Gasteiger partial charge in [-0.05, 0) is 26.7 Å². The molecule has 1 saturated heterocycles. The molecule has 0 bridgehead atoms. The molecule has 1 rings (SSSR count). The lowest BCUT2D eigenvalue weighted by Gasteiger charge is -2.24. The molecule has 0 saturated carbocycles. The summed E-state index contributed by atoms with van der Waals surface area (Å²) in [6, 6.07) is 0.0215. The summed E-state index contributed by atoms with van der Waals surface area (Å²) in [5.74, 6) is 0.655. The zero-order valence-electron chi connectivity index (χ0n) is 11.3. The Balaban J connectivity index is 2.27. The summed E-state index contributed by atoms with van der Waals surface area (Å²) in [5.41, 5.74) is 0. The fraction of sp³-hybridized carbons (Fsp3) is 0.917. The average molecular weight is 276 g/mol. The maximum Gasteiger partial charge on any atom is 0.223 e. The number of sulfone groups is 1. The second-order valence-corrected chi connectivity index (χ2v) is 6.95. The van der Waals surface area contributed by atoms with E-state index in [4.69, 9.17) is 0 Å². The number of rotatable bonds is 6. The van der Waals surface area contributed by atoms with E-state index in [0.717, 1.165) is 25.9 Å². The topological polar surface area (TPSA) is 66.5 Å². The van der Waals surface area contributed by atoms with Crippen molar-refractivity contribution in [2.75, 3.05) is 31.1 Å². The number of carbonyl (C=O) groups is 1. The molecule has 1 heterocycles. The summed E-state index contributed by atoms with van der Waals surface area (Å²) in [6.45, 7) is 5.95. The van der Waals surface area contributed by atoms with Gasteiger partial charge in [0.05, 0.1) is 11.5 Å². The second-order valence-electron chi connectivity index (χ2n) is 4.72. The standard InChI is InChI=1S/C12H24N2O3S/c1-3-14(4-2)12(15)7-8-13-11-6-5-9-18(16,17)10-11/h11,13H,3-10H2,1-2H3. The molecule has 1 amide bonds. The largest absolute Gasteiger partial charge is 0.343 e. The van der Waals surface area contributed by atoms with Gasteiger partial charge in [0, 0.05) is 32.1 Å². The van der Waals surface area contributed by atoms with Crippen LogP contribution in [0.1, 0.15) is 33.1 Å². The molecular formula is C12H24N2O3S. The fourth-order valence-electron chi connectivity index (χ4n) is 2.30. The van der Waals surface area contributed by atoms with Gasteiger partial charge in [-0.25, -0.2) is 8.42 Å². The first-order chi connectivity index (χ1) is 8.48. The van der Waals surface area contributed by atoms with E-state index in [1.807, 2.05) is 13.8 Å². The summed E-state index contributed by atoms with van der Waals surface area (Å²) >= 11 is 0. The van der Waals surface area contributed by atoms with Gasteiger partial charge < -0.3 is 10.2 Å². The third-order valence-electron chi connectivity index (χ3n) is 3.35. The third-order valence-corrected chi connectivity index (χ3v) is 5.17. The molecule has 106 valence electrons. The minimum absolute atomic E-state index is 0.0215. The summed E-state index contributed by atoms with van der Waals surface area (Å²) in [7, 11) is -2.87. The summed E-state index contributed by atoms with van der Waals surface area (Å²) < 4.78 is 22.9. The molecule has 0 spiro atoms. The molecule has 5 nitrogen and oxygen atoms in total. The molecule has 1 aliphatic rings. The average Bonchev–Trinajstić information content (AvgIpc) is 2.29. The number of carbonyl (C=O) groups excluding carboxylic acids is 1. The van der Waals surface area contributed by atoms with E-state index in [2.05, 4.69) is 5.32 Å². The Kier molecular flexibility index (Phi) is 6.08. The van der Waals surface area contributed by atoms with Gasteiger partial charge in [-0.3, -0.25) is 4.79 Å². The van der Waals surface area contributed by atoms with Crippen molar-refractivity contribution < 1.29 is 13.2 Å². The highest BCUT2D eigenvalue weighted by atomic mass is 32.2. The molecule has 1 N–H and O–H groups in total. The molecule has 1 unspecified atom stereocenters. The monoisotopic (exact) mass is 276 g/mol. The van der Waals surface area contributed by atoms with Crippen molar-refractivity contribution in [2.24, 2.45) is 0 Å². The molecule has 1 aliphatic heterocycles. The van der Waals surface area contributed by atoms with Gasteiger partial charge in [0.15, 0.2) is 9.84 Å². The zero-order chi connectivity index (χ0) is 13.6. The van der Waals surface area contributed by atoms with Crippen LogP contribution in [-0.4, -0.2) is 56.4 Å². The van der Waals surface area contributed by atoms with Crippen LogP contribution in [0.4, 0.5) is 0 Å². The van der Waals surface area contributed by atoms with Crippen molar-refractivity contribution in [1.82, 2.24) is 10.2 Å². The van der Waals surface area contributed by atoms with Gasteiger partial charge in [-0.2, -0.15) is 0 Å². The lowest BCUT2D eigenvalue weighted by molar-refractivity contribution is -0.130. The van der Waals surface area contributed by atoms with E-state index in [1.165, 1.54) is 0 Å². The van der Waals surface area contributed by atoms with Crippen molar-refractivity contribution in [3.8, 4) is 0 Å². The summed E-state index contributed by atoms with van der Waals surface area (Å²) in [4.78, 5) is 13.5. The van der Waals surface area contributed by atoms with Crippen LogP contribution < -0.4 is 5.32 Å². The lowest BCUT2D eigenvalue weighted by atomic mass is 10.2. The van der Waals surface area contributed by atoms with Crippen LogP contribution >= 0.6 is 0 Å². The summed E-state index contributed by atoms with van der Waals surface area (Å²) in [5, 5.41) is 3.18. The molecule has 1 fully saturated rings. The van der Waals surface area contributed by atoms with Crippen molar-refractivity contribution in [3.05, 3.63) is 0 Å². The molecule has 1 atom stereocenters. The SMILES string of the molecule is CCN(CC)C(=O)CCNC1CCCS(=O)(=O)C1. The van der Waals surface area contributed by atoms with Crippen LogP contribution in [-0.2, 0) is 14.6 Å². The van der Waals surface area contributed by atoms with Crippen molar-refractivity contribution in [3.63, 3.8) is 0 Å². The molecular weight excluding hydrogens is 252 g/mol. The predicted octanol–water partition coefficient (Wildman–Crippen LogP) is 0.412. The van der Waals surface area contributed by atoms with Crippen molar-refractivity contribution in [1.29, 1.82) is 0 Å². The van der Waals surface area contributed by atoms with Crippen LogP contribution in [0.2, 0.25) is 0 Å². The van der Waals surface area contributed by atoms with Gasteiger partial charge >= 0.3 is 0 Å². The van der Waals surface area contributed by atoms with E-state index in [9.17, 15) is 13.2 Å². The Morgan fingerprint density at radius 2 is 2.00 bits per heavy atom. The van der Waals surface area contributed by atoms with E-state index < -0.39 is 9.84 Å². The van der Waals surface area contributed by atoms with Crippen molar-refractivity contribution in [2.45, 2.75) is 39.2 Å².